The fraction of sp³-hybridized carbons (Fsp3) is 0.562. The van der Waals surface area contributed by atoms with Crippen molar-refractivity contribution in [1.82, 2.24) is 5.32 Å². The van der Waals surface area contributed by atoms with Crippen LogP contribution in [-0.4, -0.2) is 30.8 Å². The monoisotopic (exact) mass is 275 g/mol. The SMILES string of the molecule is COc1cccc(C(=O)NC2C3CCC(C3)C2CO)c1. The van der Waals surface area contributed by atoms with Crippen LogP contribution in [0.2, 0.25) is 0 Å². The summed E-state index contributed by atoms with van der Waals surface area (Å²) < 4.78 is 5.15. The maximum Gasteiger partial charge on any atom is 0.251 e. The van der Waals surface area contributed by atoms with E-state index in [1.54, 1.807) is 19.2 Å². The standard InChI is InChI=1S/C16H21NO3/c1-20-13-4-2-3-12(8-13)16(19)17-15-11-6-5-10(7-11)14(15)9-18/h2-4,8,10-11,14-15,18H,5-7,9H2,1H3,(H,17,19). The van der Waals surface area contributed by atoms with Crippen molar-refractivity contribution in [2.75, 3.05) is 13.7 Å². The number of amides is 1. The van der Waals surface area contributed by atoms with Gasteiger partial charge in [-0.05, 0) is 49.3 Å². The Labute approximate surface area is 119 Å². The number of benzene rings is 1. The first-order valence-corrected chi connectivity index (χ1v) is 7.28. The van der Waals surface area contributed by atoms with E-state index in [0.717, 1.165) is 6.42 Å². The third-order valence-electron chi connectivity index (χ3n) is 4.93. The molecule has 2 N–H and O–H groups in total. The summed E-state index contributed by atoms with van der Waals surface area (Å²) in [6.45, 7) is 0.171. The van der Waals surface area contributed by atoms with Crippen LogP contribution in [0.15, 0.2) is 24.3 Å². The Morgan fingerprint density at radius 1 is 1.40 bits per heavy atom. The number of carbonyl (C=O) groups is 1. The van der Waals surface area contributed by atoms with Crippen molar-refractivity contribution >= 4 is 5.91 Å². The first-order chi connectivity index (χ1) is 9.72. The van der Waals surface area contributed by atoms with Crippen LogP contribution < -0.4 is 10.1 Å². The molecule has 2 fully saturated rings. The summed E-state index contributed by atoms with van der Waals surface area (Å²) in [6.07, 6.45) is 3.51. The fourth-order valence-electron chi connectivity index (χ4n) is 3.90. The Kier molecular flexibility index (Phi) is 3.66. The molecule has 1 aromatic carbocycles. The highest BCUT2D eigenvalue weighted by Crippen LogP contribution is 2.48. The number of nitrogens with one attached hydrogen (secondary N) is 1. The molecule has 2 bridgehead atoms. The summed E-state index contributed by atoms with van der Waals surface area (Å²) in [7, 11) is 1.59. The van der Waals surface area contributed by atoms with Crippen LogP contribution in [0.3, 0.4) is 0 Å². The number of hydrogen-bond acceptors (Lipinski definition) is 3. The molecule has 4 atom stereocenters. The van der Waals surface area contributed by atoms with Gasteiger partial charge in [-0.25, -0.2) is 0 Å². The van der Waals surface area contributed by atoms with Gasteiger partial charge in [0.05, 0.1) is 7.11 Å². The first kappa shape index (κ1) is 13.4. The Morgan fingerprint density at radius 2 is 2.20 bits per heavy atom. The number of aliphatic hydroxyl groups excluding tert-OH is 1. The molecule has 0 radical (unpaired) electrons. The van der Waals surface area contributed by atoms with E-state index in [-0.39, 0.29) is 24.5 Å². The van der Waals surface area contributed by atoms with E-state index in [2.05, 4.69) is 5.32 Å². The highest BCUT2D eigenvalue weighted by molar-refractivity contribution is 5.94. The minimum absolute atomic E-state index is 0.0695. The van der Waals surface area contributed by atoms with Gasteiger partial charge in [0.2, 0.25) is 0 Å². The maximum atomic E-state index is 12.4. The molecule has 4 nitrogen and oxygen atoms in total. The molecule has 0 aliphatic heterocycles. The quantitative estimate of drug-likeness (QED) is 0.881. The summed E-state index contributed by atoms with van der Waals surface area (Å²) >= 11 is 0. The van der Waals surface area contributed by atoms with E-state index in [4.69, 9.17) is 4.74 Å². The van der Waals surface area contributed by atoms with E-state index >= 15 is 0 Å². The van der Waals surface area contributed by atoms with Crippen LogP contribution in [0.1, 0.15) is 29.6 Å². The molecule has 0 heterocycles. The number of hydrogen-bond donors (Lipinski definition) is 2. The van der Waals surface area contributed by atoms with Crippen LogP contribution in [0.5, 0.6) is 5.75 Å². The van der Waals surface area contributed by atoms with Crippen molar-refractivity contribution in [2.45, 2.75) is 25.3 Å². The number of ether oxygens (including phenoxy) is 1. The molecule has 1 aromatic rings. The van der Waals surface area contributed by atoms with Gasteiger partial charge < -0.3 is 15.2 Å². The zero-order valence-electron chi connectivity index (χ0n) is 11.7. The third kappa shape index (κ3) is 2.29. The van der Waals surface area contributed by atoms with Gasteiger partial charge in [-0.1, -0.05) is 6.07 Å². The van der Waals surface area contributed by atoms with Gasteiger partial charge in [-0.2, -0.15) is 0 Å². The van der Waals surface area contributed by atoms with E-state index < -0.39 is 0 Å². The van der Waals surface area contributed by atoms with E-state index in [9.17, 15) is 9.90 Å². The summed E-state index contributed by atoms with van der Waals surface area (Å²) in [5.74, 6) is 1.96. The lowest BCUT2D eigenvalue weighted by Crippen LogP contribution is -2.45. The molecule has 2 aliphatic carbocycles. The Morgan fingerprint density at radius 3 is 2.95 bits per heavy atom. The van der Waals surface area contributed by atoms with Gasteiger partial charge in [-0.3, -0.25) is 4.79 Å². The van der Waals surface area contributed by atoms with Gasteiger partial charge in [0, 0.05) is 24.1 Å². The van der Waals surface area contributed by atoms with Crippen LogP contribution in [0.25, 0.3) is 0 Å². The number of fused-ring (bicyclic) bond motifs is 2. The number of aliphatic hydroxyl groups is 1. The fourth-order valence-corrected chi connectivity index (χ4v) is 3.90. The average Bonchev–Trinajstić information content (AvgIpc) is 3.08. The lowest BCUT2D eigenvalue weighted by molar-refractivity contribution is 0.0861. The minimum atomic E-state index is -0.0695. The van der Waals surface area contributed by atoms with E-state index in [1.165, 1.54) is 12.8 Å². The van der Waals surface area contributed by atoms with Crippen molar-refractivity contribution in [3.05, 3.63) is 29.8 Å². The molecular weight excluding hydrogens is 254 g/mol. The number of carbonyl (C=O) groups excluding carboxylic acids is 1. The van der Waals surface area contributed by atoms with Crippen LogP contribution in [-0.2, 0) is 0 Å². The zero-order chi connectivity index (χ0) is 14.1. The Bertz CT molecular complexity index is 502. The third-order valence-corrected chi connectivity index (χ3v) is 4.93. The Hall–Kier alpha value is -1.55. The minimum Gasteiger partial charge on any atom is -0.497 e. The number of rotatable bonds is 4. The van der Waals surface area contributed by atoms with Crippen molar-refractivity contribution in [3.8, 4) is 5.75 Å². The average molecular weight is 275 g/mol. The second-order valence-corrected chi connectivity index (χ2v) is 5.91. The summed E-state index contributed by atoms with van der Waals surface area (Å²) in [4.78, 5) is 12.4. The summed E-state index contributed by atoms with van der Waals surface area (Å²) in [6, 6.07) is 7.30. The zero-order valence-corrected chi connectivity index (χ0v) is 11.7. The highest BCUT2D eigenvalue weighted by atomic mass is 16.5. The first-order valence-electron chi connectivity index (χ1n) is 7.28. The lowest BCUT2D eigenvalue weighted by Gasteiger charge is -2.30. The topological polar surface area (TPSA) is 58.6 Å². The Balaban J connectivity index is 1.72. The second kappa shape index (κ2) is 5.44. The van der Waals surface area contributed by atoms with Gasteiger partial charge in [0.25, 0.3) is 5.91 Å². The molecule has 0 spiro atoms. The van der Waals surface area contributed by atoms with Gasteiger partial charge in [-0.15, -0.1) is 0 Å². The molecular formula is C16H21NO3. The van der Waals surface area contributed by atoms with Crippen molar-refractivity contribution in [1.29, 1.82) is 0 Å². The number of methoxy groups -OCH3 is 1. The van der Waals surface area contributed by atoms with Crippen LogP contribution in [0.4, 0.5) is 0 Å². The molecule has 4 unspecified atom stereocenters. The van der Waals surface area contributed by atoms with Crippen molar-refractivity contribution in [2.24, 2.45) is 17.8 Å². The molecule has 108 valence electrons. The maximum absolute atomic E-state index is 12.4. The van der Waals surface area contributed by atoms with Gasteiger partial charge >= 0.3 is 0 Å². The van der Waals surface area contributed by atoms with E-state index in [1.807, 2.05) is 12.1 Å². The van der Waals surface area contributed by atoms with Crippen molar-refractivity contribution < 1.29 is 14.6 Å². The smallest absolute Gasteiger partial charge is 0.251 e. The normalized spacial score (nSPS) is 31.3. The molecule has 1 amide bonds. The predicted molar refractivity (Wildman–Crippen MR) is 75.7 cm³/mol. The summed E-state index contributed by atoms with van der Waals surface area (Å²) in [5.41, 5.74) is 0.615. The second-order valence-electron chi connectivity index (χ2n) is 5.91. The molecule has 20 heavy (non-hydrogen) atoms. The molecule has 2 aliphatic rings. The van der Waals surface area contributed by atoms with Gasteiger partial charge in [0.15, 0.2) is 0 Å². The highest BCUT2D eigenvalue weighted by Gasteiger charge is 2.47. The van der Waals surface area contributed by atoms with Crippen LogP contribution >= 0.6 is 0 Å². The largest absolute Gasteiger partial charge is 0.497 e. The summed E-state index contributed by atoms with van der Waals surface area (Å²) in [5, 5.41) is 12.7. The van der Waals surface area contributed by atoms with Crippen molar-refractivity contribution in [3.63, 3.8) is 0 Å². The lowest BCUT2D eigenvalue weighted by atomic mass is 9.85. The van der Waals surface area contributed by atoms with Gasteiger partial charge in [0.1, 0.15) is 5.75 Å². The molecule has 3 rings (SSSR count). The molecule has 0 aromatic heterocycles. The van der Waals surface area contributed by atoms with Crippen LogP contribution in [0, 0.1) is 17.8 Å². The van der Waals surface area contributed by atoms with E-state index in [0.29, 0.717) is 23.1 Å². The predicted octanol–water partition coefficient (Wildman–Crippen LogP) is 1.83. The molecule has 0 saturated heterocycles. The molecule has 2 saturated carbocycles. The molecule has 4 heteroatoms.